The van der Waals surface area contributed by atoms with Crippen LogP contribution in [0, 0.1) is 0 Å². The molecule has 0 bridgehead atoms. The summed E-state index contributed by atoms with van der Waals surface area (Å²) in [4.78, 5) is 12.2. The minimum Gasteiger partial charge on any atom is -0.490 e. The molecular weight excluding hydrogens is 308 g/mol. The molecule has 1 aromatic heterocycles. The maximum Gasteiger partial charge on any atom is 0.313 e. The largest absolute Gasteiger partial charge is 0.490 e. The van der Waals surface area contributed by atoms with Crippen molar-refractivity contribution < 1.29 is 29.5 Å². The summed E-state index contributed by atoms with van der Waals surface area (Å²) in [5.41, 5.74) is -0.766. The van der Waals surface area contributed by atoms with E-state index in [9.17, 15) is 15.0 Å². The van der Waals surface area contributed by atoms with E-state index in [4.69, 9.17) is 30.9 Å². The summed E-state index contributed by atoms with van der Waals surface area (Å²) in [7, 11) is 2.53. The van der Waals surface area contributed by atoms with Crippen LogP contribution < -0.4 is 15.0 Å². The number of hydrogen-bond donors (Lipinski definition) is 3. The SMILES string of the molecule is COc1nn([C@@H]2O[C@H](CO)[C@@H](O)[C@H]2O)c(=O)c(OC)c1Cl. The predicted molar refractivity (Wildman–Crippen MR) is 69.6 cm³/mol. The lowest BCUT2D eigenvalue weighted by Gasteiger charge is -2.18. The third-order valence-corrected chi connectivity index (χ3v) is 3.48. The van der Waals surface area contributed by atoms with Crippen LogP contribution in [0.1, 0.15) is 6.23 Å². The van der Waals surface area contributed by atoms with Gasteiger partial charge in [0.1, 0.15) is 18.3 Å². The minimum absolute atomic E-state index is 0.106. The molecule has 1 fully saturated rings. The predicted octanol–water partition coefficient (Wildman–Crippen LogP) is -1.47. The first kappa shape index (κ1) is 16.0. The highest BCUT2D eigenvalue weighted by Gasteiger charge is 2.45. The number of methoxy groups -OCH3 is 2. The van der Waals surface area contributed by atoms with Gasteiger partial charge in [-0.1, -0.05) is 11.6 Å². The van der Waals surface area contributed by atoms with Crippen molar-refractivity contribution in [2.75, 3.05) is 20.8 Å². The Hall–Kier alpha value is -1.39. The van der Waals surface area contributed by atoms with Gasteiger partial charge < -0.3 is 29.5 Å². The van der Waals surface area contributed by atoms with E-state index >= 15 is 0 Å². The third kappa shape index (κ3) is 2.58. The van der Waals surface area contributed by atoms with Crippen molar-refractivity contribution in [2.24, 2.45) is 0 Å². The van der Waals surface area contributed by atoms with E-state index in [-0.39, 0.29) is 16.7 Å². The summed E-state index contributed by atoms with van der Waals surface area (Å²) in [6, 6.07) is 0. The Bertz CT molecular complexity index is 578. The van der Waals surface area contributed by atoms with Gasteiger partial charge in [0.2, 0.25) is 5.75 Å². The Balaban J connectivity index is 2.52. The second-order valence-electron chi connectivity index (χ2n) is 4.34. The molecule has 10 heteroatoms. The van der Waals surface area contributed by atoms with Gasteiger partial charge in [-0.15, -0.1) is 5.10 Å². The molecule has 2 heterocycles. The zero-order chi connectivity index (χ0) is 15.7. The van der Waals surface area contributed by atoms with Crippen molar-refractivity contribution >= 4 is 11.6 Å². The highest BCUT2D eigenvalue weighted by atomic mass is 35.5. The number of aromatic nitrogens is 2. The number of halogens is 1. The second kappa shape index (κ2) is 6.16. The van der Waals surface area contributed by atoms with Gasteiger partial charge in [-0.2, -0.15) is 4.68 Å². The summed E-state index contributed by atoms with van der Waals surface area (Å²) in [5, 5.41) is 32.4. The van der Waals surface area contributed by atoms with E-state index in [0.717, 1.165) is 4.68 Å². The lowest BCUT2D eigenvalue weighted by Crippen LogP contribution is -2.36. The maximum absolute atomic E-state index is 12.2. The highest BCUT2D eigenvalue weighted by molar-refractivity contribution is 6.33. The van der Waals surface area contributed by atoms with Crippen LogP contribution in [0.2, 0.25) is 5.02 Å². The second-order valence-corrected chi connectivity index (χ2v) is 4.71. The smallest absolute Gasteiger partial charge is 0.313 e. The summed E-state index contributed by atoms with van der Waals surface area (Å²) >= 11 is 5.90. The number of ether oxygens (including phenoxy) is 3. The number of nitrogens with zero attached hydrogens (tertiary/aromatic N) is 2. The fourth-order valence-corrected chi connectivity index (χ4v) is 2.32. The first-order valence-corrected chi connectivity index (χ1v) is 6.36. The molecule has 1 aliphatic rings. The van der Waals surface area contributed by atoms with Crippen LogP contribution in [0.15, 0.2) is 4.79 Å². The molecule has 0 unspecified atom stereocenters. The Morgan fingerprint density at radius 1 is 1.33 bits per heavy atom. The maximum atomic E-state index is 12.2. The summed E-state index contributed by atoms with van der Waals surface area (Å²) in [5.74, 6) is -0.341. The molecule has 21 heavy (non-hydrogen) atoms. The average molecular weight is 323 g/mol. The van der Waals surface area contributed by atoms with Crippen LogP contribution in [0.3, 0.4) is 0 Å². The standard InChI is InChI=1S/C11H15ClN2O7/c1-19-8-5(12)9(20-2)13-14(10(8)18)11-7(17)6(16)4(3-15)21-11/h4,6-7,11,15-17H,3H2,1-2H3/t4-,6-,7-,11-/m1/s1. The van der Waals surface area contributed by atoms with Crippen LogP contribution in [0.5, 0.6) is 11.6 Å². The van der Waals surface area contributed by atoms with Gasteiger partial charge in [0.25, 0.3) is 5.88 Å². The van der Waals surface area contributed by atoms with Gasteiger partial charge in [-0.05, 0) is 0 Å². The normalized spacial score (nSPS) is 28.7. The fraction of sp³-hybridized carbons (Fsp3) is 0.636. The molecular formula is C11H15ClN2O7. The zero-order valence-corrected chi connectivity index (χ0v) is 12.0. The first-order valence-electron chi connectivity index (χ1n) is 5.99. The molecule has 118 valence electrons. The van der Waals surface area contributed by atoms with E-state index in [0.29, 0.717) is 0 Å². The number of aliphatic hydroxyl groups excluding tert-OH is 3. The highest BCUT2D eigenvalue weighted by Crippen LogP contribution is 2.32. The van der Waals surface area contributed by atoms with Crippen LogP contribution in [-0.2, 0) is 4.74 Å². The van der Waals surface area contributed by atoms with Gasteiger partial charge in [-0.3, -0.25) is 4.79 Å². The van der Waals surface area contributed by atoms with Crippen LogP contribution in [-0.4, -0.2) is 64.2 Å². The molecule has 0 radical (unpaired) electrons. The summed E-state index contributed by atoms with van der Waals surface area (Å²) in [6.45, 7) is -0.522. The van der Waals surface area contributed by atoms with Gasteiger partial charge in [0.15, 0.2) is 11.3 Å². The van der Waals surface area contributed by atoms with Crippen LogP contribution in [0.4, 0.5) is 0 Å². The molecule has 0 amide bonds. The Morgan fingerprint density at radius 2 is 2.00 bits per heavy atom. The molecule has 1 aliphatic heterocycles. The van der Waals surface area contributed by atoms with E-state index < -0.39 is 36.7 Å². The van der Waals surface area contributed by atoms with Gasteiger partial charge >= 0.3 is 5.56 Å². The Morgan fingerprint density at radius 3 is 2.48 bits per heavy atom. The van der Waals surface area contributed by atoms with Crippen molar-refractivity contribution in [1.29, 1.82) is 0 Å². The van der Waals surface area contributed by atoms with Crippen molar-refractivity contribution in [3.63, 3.8) is 0 Å². The van der Waals surface area contributed by atoms with E-state index in [1.54, 1.807) is 0 Å². The van der Waals surface area contributed by atoms with Crippen molar-refractivity contribution in [1.82, 2.24) is 9.78 Å². The van der Waals surface area contributed by atoms with E-state index in [2.05, 4.69) is 5.10 Å². The lowest BCUT2D eigenvalue weighted by molar-refractivity contribution is -0.0618. The molecule has 1 saturated heterocycles. The van der Waals surface area contributed by atoms with Crippen molar-refractivity contribution in [2.45, 2.75) is 24.5 Å². The van der Waals surface area contributed by atoms with Gasteiger partial charge in [-0.25, -0.2) is 0 Å². The van der Waals surface area contributed by atoms with Crippen molar-refractivity contribution in [3.05, 3.63) is 15.4 Å². The number of rotatable bonds is 4. The van der Waals surface area contributed by atoms with Gasteiger partial charge in [0, 0.05) is 0 Å². The molecule has 0 saturated carbocycles. The molecule has 0 spiro atoms. The Kier molecular flexibility index (Phi) is 4.69. The van der Waals surface area contributed by atoms with Crippen LogP contribution >= 0.6 is 11.6 Å². The molecule has 0 aromatic carbocycles. The molecule has 1 aromatic rings. The number of aliphatic hydroxyl groups is 3. The lowest BCUT2D eigenvalue weighted by atomic mass is 10.1. The molecule has 9 nitrogen and oxygen atoms in total. The molecule has 3 N–H and O–H groups in total. The van der Waals surface area contributed by atoms with Crippen molar-refractivity contribution in [3.8, 4) is 11.6 Å². The summed E-state index contributed by atoms with van der Waals surface area (Å²) < 4.78 is 15.8. The van der Waals surface area contributed by atoms with E-state index in [1.807, 2.05) is 0 Å². The molecule has 4 atom stereocenters. The number of hydrogen-bond acceptors (Lipinski definition) is 8. The van der Waals surface area contributed by atoms with Gasteiger partial charge in [0.05, 0.1) is 20.8 Å². The van der Waals surface area contributed by atoms with Crippen LogP contribution in [0.25, 0.3) is 0 Å². The molecule has 2 rings (SSSR count). The fourth-order valence-electron chi connectivity index (χ4n) is 2.04. The van der Waals surface area contributed by atoms with E-state index in [1.165, 1.54) is 14.2 Å². The first-order chi connectivity index (χ1) is 9.96. The summed E-state index contributed by atoms with van der Waals surface area (Å²) in [6.07, 6.45) is -5.15. The molecule has 0 aliphatic carbocycles. The minimum atomic E-state index is -1.46. The Labute approximate surface area is 124 Å². The monoisotopic (exact) mass is 322 g/mol. The average Bonchev–Trinajstić information content (AvgIpc) is 2.76. The third-order valence-electron chi connectivity index (χ3n) is 3.14. The quantitative estimate of drug-likeness (QED) is 0.613. The zero-order valence-electron chi connectivity index (χ0n) is 11.3. The topological polar surface area (TPSA) is 123 Å².